The fourth-order valence-corrected chi connectivity index (χ4v) is 2.15. The van der Waals surface area contributed by atoms with E-state index in [1.54, 1.807) is 22.6 Å². The molecule has 0 bridgehead atoms. The number of nitrogens with two attached hydrogens (primary N) is 1. The second-order valence-electron chi connectivity index (χ2n) is 4.44. The van der Waals surface area contributed by atoms with Crippen molar-refractivity contribution < 1.29 is 5.11 Å². The summed E-state index contributed by atoms with van der Waals surface area (Å²) in [5, 5.41) is 18.2. The van der Waals surface area contributed by atoms with Gasteiger partial charge >= 0.3 is 0 Å². The van der Waals surface area contributed by atoms with Gasteiger partial charge in [0.25, 0.3) is 5.78 Å². The summed E-state index contributed by atoms with van der Waals surface area (Å²) < 4.78 is 1.79. The summed E-state index contributed by atoms with van der Waals surface area (Å²) in [6.07, 6.45) is 0. The van der Waals surface area contributed by atoms with Gasteiger partial charge in [0, 0.05) is 11.4 Å². The van der Waals surface area contributed by atoms with Crippen molar-refractivity contribution in [2.75, 3.05) is 5.73 Å². The molecule has 6 nitrogen and oxygen atoms in total. The number of fused-ring (bicyclic) bond motifs is 1. The van der Waals surface area contributed by atoms with Gasteiger partial charge in [0.15, 0.2) is 5.82 Å². The fraction of sp³-hybridized carbons (Fsp3) is 0.154. The average Bonchev–Trinajstić information content (AvgIpc) is 2.76. The van der Waals surface area contributed by atoms with Crippen molar-refractivity contribution in [1.82, 2.24) is 19.6 Å². The van der Waals surface area contributed by atoms with Crippen LogP contribution in [0.2, 0.25) is 0 Å². The number of aryl methyl sites for hydroxylation is 2. The molecule has 3 aromatic rings. The molecule has 0 aliphatic rings. The summed E-state index contributed by atoms with van der Waals surface area (Å²) in [4.78, 5) is 4.31. The topological polar surface area (TPSA) is 89.3 Å². The normalized spacial score (nSPS) is 11.1. The van der Waals surface area contributed by atoms with Crippen LogP contribution in [0.1, 0.15) is 11.4 Å². The van der Waals surface area contributed by atoms with Gasteiger partial charge in [0.2, 0.25) is 0 Å². The van der Waals surface area contributed by atoms with E-state index >= 15 is 0 Å². The second kappa shape index (κ2) is 3.94. The Morgan fingerprint density at radius 3 is 2.79 bits per heavy atom. The third-order valence-corrected chi connectivity index (χ3v) is 3.00. The third-order valence-electron chi connectivity index (χ3n) is 3.00. The van der Waals surface area contributed by atoms with Crippen LogP contribution in [0, 0.1) is 13.8 Å². The molecule has 2 heterocycles. The maximum Gasteiger partial charge on any atom is 0.255 e. The molecular weight excluding hydrogens is 242 g/mol. The van der Waals surface area contributed by atoms with Crippen molar-refractivity contribution in [2.24, 2.45) is 0 Å². The summed E-state index contributed by atoms with van der Waals surface area (Å²) in [5.41, 5.74) is 8.39. The zero-order valence-electron chi connectivity index (χ0n) is 10.6. The van der Waals surface area contributed by atoms with Gasteiger partial charge in [0.05, 0.1) is 11.3 Å². The molecule has 0 fully saturated rings. The highest BCUT2D eigenvalue weighted by molar-refractivity contribution is 5.73. The first kappa shape index (κ1) is 11.5. The summed E-state index contributed by atoms with van der Waals surface area (Å²) in [5.74, 6) is 1.05. The van der Waals surface area contributed by atoms with Crippen LogP contribution in [0.15, 0.2) is 24.3 Å². The Labute approximate surface area is 109 Å². The number of hydrogen-bond donors (Lipinski definition) is 2. The summed E-state index contributed by atoms with van der Waals surface area (Å²) in [6, 6.07) is 7.09. The summed E-state index contributed by atoms with van der Waals surface area (Å²) in [6.45, 7) is 3.84. The van der Waals surface area contributed by atoms with Gasteiger partial charge in [0.1, 0.15) is 5.75 Å². The van der Waals surface area contributed by atoms with Gasteiger partial charge in [-0.25, -0.2) is 4.98 Å². The van der Waals surface area contributed by atoms with Crippen LogP contribution in [-0.2, 0) is 0 Å². The highest BCUT2D eigenvalue weighted by atomic mass is 16.3. The number of anilines is 1. The minimum Gasteiger partial charge on any atom is -0.505 e. The Morgan fingerprint density at radius 2 is 2.00 bits per heavy atom. The van der Waals surface area contributed by atoms with Gasteiger partial charge in [-0.05, 0) is 32.0 Å². The molecule has 3 rings (SSSR count). The number of rotatable bonds is 1. The van der Waals surface area contributed by atoms with Crippen LogP contribution in [0.4, 0.5) is 5.69 Å². The number of phenolic OH excluding ortho intramolecular Hbond substituents is 1. The Kier molecular flexibility index (Phi) is 2.38. The maximum atomic E-state index is 10.0. The monoisotopic (exact) mass is 255 g/mol. The molecule has 0 spiro atoms. The standard InChI is InChI=1S/C13H13N5O/c1-7-6-8(2)18-12(16-17-13(18)15-7)9-4-3-5-10(14)11(9)19/h3-6,19H,14H2,1-2H3. The van der Waals surface area contributed by atoms with Gasteiger partial charge in [-0.15, -0.1) is 10.2 Å². The lowest BCUT2D eigenvalue weighted by molar-refractivity contribution is 0.479. The van der Waals surface area contributed by atoms with Crippen LogP contribution in [-0.4, -0.2) is 24.7 Å². The van der Waals surface area contributed by atoms with E-state index in [1.807, 2.05) is 19.9 Å². The van der Waals surface area contributed by atoms with Crippen LogP contribution < -0.4 is 5.73 Å². The van der Waals surface area contributed by atoms with E-state index in [0.717, 1.165) is 11.4 Å². The number of aromatic nitrogens is 4. The van der Waals surface area contributed by atoms with E-state index in [2.05, 4.69) is 15.2 Å². The minimum atomic E-state index is 0.0109. The number of nitrogen functional groups attached to an aromatic ring is 1. The zero-order chi connectivity index (χ0) is 13.6. The van der Waals surface area contributed by atoms with Crippen molar-refractivity contribution in [3.8, 4) is 17.1 Å². The lowest BCUT2D eigenvalue weighted by atomic mass is 10.1. The highest BCUT2D eigenvalue weighted by Crippen LogP contribution is 2.32. The van der Waals surface area contributed by atoms with E-state index in [4.69, 9.17) is 5.73 Å². The number of benzene rings is 1. The molecule has 2 aromatic heterocycles. The van der Waals surface area contributed by atoms with E-state index < -0.39 is 0 Å². The second-order valence-corrected chi connectivity index (χ2v) is 4.44. The maximum absolute atomic E-state index is 10.0. The van der Waals surface area contributed by atoms with E-state index in [0.29, 0.717) is 22.9 Å². The molecule has 3 N–H and O–H groups in total. The van der Waals surface area contributed by atoms with Crippen molar-refractivity contribution in [1.29, 1.82) is 0 Å². The molecule has 0 saturated heterocycles. The molecule has 0 saturated carbocycles. The smallest absolute Gasteiger partial charge is 0.255 e. The van der Waals surface area contributed by atoms with Gasteiger partial charge < -0.3 is 10.8 Å². The number of para-hydroxylation sites is 1. The number of hydrogen-bond acceptors (Lipinski definition) is 5. The summed E-state index contributed by atoms with van der Waals surface area (Å²) >= 11 is 0. The molecule has 0 atom stereocenters. The average molecular weight is 255 g/mol. The molecule has 0 amide bonds. The first-order valence-corrected chi connectivity index (χ1v) is 5.85. The highest BCUT2D eigenvalue weighted by Gasteiger charge is 2.15. The predicted octanol–water partition coefficient (Wildman–Crippen LogP) is 1.70. The SMILES string of the molecule is Cc1cc(C)n2c(-c3cccc(N)c3O)nnc2n1. The molecule has 0 radical (unpaired) electrons. The van der Waals surface area contributed by atoms with Gasteiger partial charge in [-0.1, -0.05) is 6.07 Å². The lowest BCUT2D eigenvalue weighted by Crippen LogP contribution is -1.99. The fourth-order valence-electron chi connectivity index (χ4n) is 2.15. The molecule has 96 valence electrons. The van der Waals surface area contributed by atoms with Crippen molar-refractivity contribution in [2.45, 2.75) is 13.8 Å². The Bertz CT molecular complexity index is 778. The first-order chi connectivity index (χ1) is 9.08. The molecule has 1 aromatic carbocycles. The largest absolute Gasteiger partial charge is 0.505 e. The van der Waals surface area contributed by atoms with Crippen molar-refractivity contribution >= 4 is 11.5 Å². The Morgan fingerprint density at radius 1 is 1.21 bits per heavy atom. The van der Waals surface area contributed by atoms with Crippen LogP contribution >= 0.6 is 0 Å². The predicted molar refractivity (Wildman–Crippen MR) is 71.8 cm³/mol. The molecule has 0 aliphatic heterocycles. The van der Waals surface area contributed by atoms with E-state index in [9.17, 15) is 5.11 Å². The third kappa shape index (κ3) is 1.69. The summed E-state index contributed by atoms with van der Waals surface area (Å²) in [7, 11) is 0. The van der Waals surface area contributed by atoms with Crippen molar-refractivity contribution in [3.05, 3.63) is 35.7 Å². The number of aromatic hydroxyl groups is 1. The van der Waals surface area contributed by atoms with Crippen LogP contribution in [0.25, 0.3) is 17.2 Å². The van der Waals surface area contributed by atoms with Crippen LogP contribution in [0.5, 0.6) is 5.75 Å². The van der Waals surface area contributed by atoms with Gasteiger partial charge in [-0.3, -0.25) is 4.40 Å². The number of nitrogens with zero attached hydrogens (tertiary/aromatic N) is 4. The van der Waals surface area contributed by atoms with E-state index in [-0.39, 0.29) is 5.75 Å². The minimum absolute atomic E-state index is 0.0109. The Hall–Kier alpha value is -2.63. The Balaban J connectivity index is 2.35. The van der Waals surface area contributed by atoms with Crippen molar-refractivity contribution in [3.63, 3.8) is 0 Å². The number of phenols is 1. The molecule has 6 heteroatoms. The molecule has 19 heavy (non-hydrogen) atoms. The first-order valence-electron chi connectivity index (χ1n) is 5.85. The quantitative estimate of drug-likeness (QED) is 0.510. The molecule has 0 unspecified atom stereocenters. The molecule has 0 aliphatic carbocycles. The van der Waals surface area contributed by atoms with Crippen LogP contribution in [0.3, 0.4) is 0 Å². The van der Waals surface area contributed by atoms with Gasteiger partial charge in [-0.2, -0.15) is 0 Å². The molecular formula is C13H13N5O. The zero-order valence-corrected chi connectivity index (χ0v) is 10.6. The van der Waals surface area contributed by atoms with E-state index in [1.165, 1.54) is 0 Å². The lowest BCUT2D eigenvalue weighted by Gasteiger charge is -2.07.